The van der Waals surface area contributed by atoms with Gasteiger partial charge >= 0.3 is 0 Å². The summed E-state index contributed by atoms with van der Waals surface area (Å²) in [5.74, 6) is 1.12. The van der Waals surface area contributed by atoms with Crippen LogP contribution in [0.5, 0.6) is 11.5 Å². The van der Waals surface area contributed by atoms with Crippen molar-refractivity contribution in [2.75, 3.05) is 5.32 Å². The van der Waals surface area contributed by atoms with E-state index in [9.17, 15) is 4.79 Å². The summed E-state index contributed by atoms with van der Waals surface area (Å²) in [5.41, 5.74) is 2.06. The molecule has 1 amide bonds. The number of hydrogen-bond donors (Lipinski definition) is 2. The highest BCUT2D eigenvalue weighted by Gasteiger charge is 2.09. The van der Waals surface area contributed by atoms with Crippen LogP contribution in [0.25, 0.3) is 10.9 Å². The van der Waals surface area contributed by atoms with E-state index in [0.717, 1.165) is 16.7 Å². The van der Waals surface area contributed by atoms with Gasteiger partial charge in [0.2, 0.25) is 0 Å². The Balaban J connectivity index is 1.41. The van der Waals surface area contributed by atoms with Crippen LogP contribution < -0.4 is 15.4 Å². The van der Waals surface area contributed by atoms with Crippen LogP contribution in [0.3, 0.4) is 0 Å². The molecule has 0 fully saturated rings. The van der Waals surface area contributed by atoms with Crippen LogP contribution in [0.15, 0.2) is 91.1 Å². The van der Waals surface area contributed by atoms with E-state index in [1.807, 2.05) is 72.8 Å². The number of benzene rings is 3. The summed E-state index contributed by atoms with van der Waals surface area (Å²) in [6.07, 6.45) is 1.72. The maximum Gasteiger partial charge on any atom is 0.257 e. The lowest BCUT2D eigenvalue weighted by Gasteiger charge is -2.11. The Bertz CT molecular complexity index is 1180. The van der Waals surface area contributed by atoms with Crippen molar-refractivity contribution in [1.29, 1.82) is 0 Å². The van der Waals surface area contributed by atoms with Gasteiger partial charge in [-0.3, -0.25) is 15.1 Å². The van der Waals surface area contributed by atoms with Crippen LogP contribution in [0, 0.1) is 0 Å². The Morgan fingerprint density at radius 3 is 2.55 bits per heavy atom. The van der Waals surface area contributed by atoms with Gasteiger partial charge in [0, 0.05) is 28.9 Å². The number of aromatic nitrogens is 1. The number of carbonyl (C=O) groups is 1. The molecule has 0 aliphatic carbocycles. The summed E-state index contributed by atoms with van der Waals surface area (Å²) in [5, 5.41) is 6.81. The zero-order valence-electron chi connectivity index (χ0n) is 15.3. The number of fused-ring (bicyclic) bond motifs is 1. The minimum Gasteiger partial charge on any atom is -0.457 e. The highest BCUT2D eigenvalue weighted by molar-refractivity contribution is 7.80. The number of pyridine rings is 1. The second-order valence-corrected chi connectivity index (χ2v) is 6.67. The molecule has 0 unspecified atom stereocenters. The summed E-state index contributed by atoms with van der Waals surface area (Å²) >= 11 is 5.28. The molecule has 2 N–H and O–H groups in total. The lowest BCUT2D eigenvalue weighted by Crippen LogP contribution is -2.34. The molecule has 29 heavy (non-hydrogen) atoms. The minimum atomic E-state index is -0.287. The van der Waals surface area contributed by atoms with E-state index in [1.165, 1.54) is 0 Å². The molecule has 5 nitrogen and oxygen atoms in total. The standard InChI is InChI=1S/C23H17N3O2S/c27-22(17-11-12-21-16(14-17)6-5-13-24-21)26-23(29)25-18-7-4-10-20(15-18)28-19-8-2-1-3-9-19/h1-15H,(H2,25,26,27,29). The summed E-state index contributed by atoms with van der Waals surface area (Å²) in [7, 11) is 0. The summed E-state index contributed by atoms with van der Waals surface area (Å²) in [6.45, 7) is 0. The Labute approximate surface area is 173 Å². The molecular formula is C23H17N3O2S. The van der Waals surface area contributed by atoms with E-state index in [2.05, 4.69) is 15.6 Å². The topological polar surface area (TPSA) is 63.2 Å². The second-order valence-electron chi connectivity index (χ2n) is 6.26. The van der Waals surface area contributed by atoms with Gasteiger partial charge in [0.15, 0.2) is 5.11 Å². The quantitative estimate of drug-likeness (QED) is 0.465. The van der Waals surface area contributed by atoms with Crippen molar-refractivity contribution < 1.29 is 9.53 Å². The number of carbonyl (C=O) groups excluding carboxylic acids is 1. The lowest BCUT2D eigenvalue weighted by atomic mass is 10.1. The van der Waals surface area contributed by atoms with Crippen molar-refractivity contribution in [3.05, 3.63) is 96.7 Å². The number of hydrogen-bond acceptors (Lipinski definition) is 4. The first-order chi connectivity index (χ1) is 14.2. The van der Waals surface area contributed by atoms with Gasteiger partial charge in [-0.05, 0) is 60.7 Å². The predicted octanol–water partition coefficient (Wildman–Crippen LogP) is 5.15. The first kappa shape index (κ1) is 18.6. The highest BCUT2D eigenvalue weighted by Crippen LogP contribution is 2.23. The van der Waals surface area contributed by atoms with E-state index in [1.54, 1.807) is 18.3 Å². The normalized spacial score (nSPS) is 10.3. The Kier molecular flexibility index (Phi) is 5.45. The van der Waals surface area contributed by atoms with Crippen molar-refractivity contribution in [2.45, 2.75) is 0 Å². The van der Waals surface area contributed by atoms with Gasteiger partial charge in [0.25, 0.3) is 5.91 Å². The number of nitrogens with one attached hydrogen (secondary N) is 2. The number of para-hydroxylation sites is 1. The SMILES string of the molecule is O=C(NC(=S)Nc1cccc(Oc2ccccc2)c1)c1ccc2ncccc2c1. The summed E-state index contributed by atoms with van der Waals surface area (Å²) in [6, 6.07) is 25.9. The van der Waals surface area contributed by atoms with E-state index in [4.69, 9.17) is 17.0 Å². The van der Waals surface area contributed by atoms with Crippen LogP contribution in [0.1, 0.15) is 10.4 Å². The molecule has 0 radical (unpaired) electrons. The minimum absolute atomic E-state index is 0.207. The highest BCUT2D eigenvalue weighted by atomic mass is 32.1. The fourth-order valence-corrected chi connectivity index (χ4v) is 3.03. The maximum atomic E-state index is 12.5. The van der Waals surface area contributed by atoms with Gasteiger partial charge in [-0.15, -0.1) is 0 Å². The number of ether oxygens (including phenoxy) is 1. The third-order valence-corrected chi connectivity index (χ3v) is 4.37. The largest absolute Gasteiger partial charge is 0.457 e. The van der Waals surface area contributed by atoms with Crippen LogP contribution >= 0.6 is 12.2 Å². The molecule has 0 saturated heterocycles. The number of amides is 1. The van der Waals surface area contributed by atoms with Crippen molar-refractivity contribution in [2.24, 2.45) is 0 Å². The van der Waals surface area contributed by atoms with Crippen LogP contribution in [0.4, 0.5) is 5.69 Å². The van der Waals surface area contributed by atoms with E-state index in [0.29, 0.717) is 17.0 Å². The summed E-state index contributed by atoms with van der Waals surface area (Å²) < 4.78 is 5.82. The molecule has 6 heteroatoms. The van der Waals surface area contributed by atoms with E-state index < -0.39 is 0 Å². The van der Waals surface area contributed by atoms with Crippen molar-refractivity contribution in [3.8, 4) is 11.5 Å². The molecule has 4 aromatic rings. The van der Waals surface area contributed by atoms with Gasteiger partial charge in [-0.25, -0.2) is 0 Å². The average Bonchev–Trinajstić information content (AvgIpc) is 2.74. The number of anilines is 1. The van der Waals surface area contributed by atoms with Gasteiger partial charge in [-0.1, -0.05) is 30.3 Å². The zero-order chi connectivity index (χ0) is 20.1. The molecule has 0 aliphatic rings. The Morgan fingerprint density at radius 2 is 1.69 bits per heavy atom. The molecule has 0 aliphatic heterocycles. The van der Waals surface area contributed by atoms with Gasteiger partial charge < -0.3 is 10.1 Å². The van der Waals surface area contributed by atoms with Gasteiger partial charge in [-0.2, -0.15) is 0 Å². The molecule has 0 spiro atoms. The van der Waals surface area contributed by atoms with E-state index in [-0.39, 0.29) is 11.0 Å². The fraction of sp³-hybridized carbons (Fsp3) is 0. The zero-order valence-corrected chi connectivity index (χ0v) is 16.1. The third kappa shape index (κ3) is 4.75. The monoisotopic (exact) mass is 399 g/mol. The Morgan fingerprint density at radius 1 is 0.862 bits per heavy atom. The smallest absolute Gasteiger partial charge is 0.257 e. The van der Waals surface area contributed by atoms with Crippen LogP contribution in [0.2, 0.25) is 0 Å². The van der Waals surface area contributed by atoms with Crippen molar-refractivity contribution >= 4 is 39.8 Å². The summed E-state index contributed by atoms with van der Waals surface area (Å²) in [4.78, 5) is 16.8. The molecule has 142 valence electrons. The molecule has 4 rings (SSSR count). The fourth-order valence-electron chi connectivity index (χ4n) is 2.82. The van der Waals surface area contributed by atoms with Crippen LogP contribution in [-0.2, 0) is 0 Å². The first-order valence-corrected chi connectivity index (χ1v) is 9.38. The molecule has 0 saturated carbocycles. The number of nitrogens with zero attached hydrogens (tertiary/aromatic N) is 1. The molecule has 0 atom stereocenters. The molecular weight excluding hydrogens is 382 g/mol. The van der Waals surface area contributed by atoms with Crippen molar-refractivity contribution in [3.63, 3.8) is 0 Å². The molecule has 1 heterocycles. The second kappa shape index (κ2) is 8.50. The van der Waals surface area contributed by atoms with Gasteiger partial charge in [0.05, 0.1) is 5.52 Å². The van der Waals surface area contributed by atoms with E-state index >= 15 is 0 Å². The molecule has 3 aromatic carbocycles. The maximum absolute atomic E-state index is 12.5. The lowest BCUT2D eigenvalue weighted by molar-refractivity contribution is 0.0978. The van der Waals surface area contributed by atoms with Crippen molar-refractivity contribution in [1.82, 2.24) is 10.3 Å². The molecule has 1 aromatic heterocycles. The Hall–Kier alpha value is -3.77. The predicted molar refractivity (Wildman–Crippen MR) is 118 cm³/mol. The number of thiocarbonyl (C=S) groups is 1. The first-order valence-electron chi connectivity index (χ1n) is 8.97. The third-order valence-electron chi connectivity index (χ3n) is 4.16. The average molecular weight is 399 g/mol. The van der Waals surface area contributed by atoms with Crippen LogP contribution in [-0.4, -0.2) is 16.0 Å². The number of rotatable bonds is 4. The molecule has 0 bridgehead atoms. The van der Waals surface area contributed by atoms with Gasteiger partial charge in [0.1, 0.15) is 11.5 Å².